The van der Waals surface area contributed by atoms with Crippen LogP contribution < -0.4 is 0 Å². The Kier molecular flexibility index (Phi) is 2.87. The molecule has 4 nitrogen and oxygen atoms in total. The zero-order chi connectivity index (χ0) is 14.3. The van der Waals surface area contributed by atoms with Crippen LogP contribution in [0.4, 0.5) is 4.39 Å². The molecule has 1 saturated heterocycles. The van der Waals surface area contributed by atoms with E-state index in [2.05, 4.69) is 10.1 Å². The number of benzene rings is 1. The predicted molar refractivity (Wildman–Crippen MR) is 76.2 cm³/mol. The molecule has 0 unspecified atom stereocenters. The molecule has 2 aromatic heterocycles. The van der Waals surface area contributed by atoms with Gasteiger partial charge in [0.1, 0.15) is 24.6 Å². The van der Waals surface area contributed by atoms with Crippen LogP contribution in [0.2, 0.25) is 0 Å². The molecule has 3 heterocycles. The van der Waals surface area contributed by atoms with Gasteiger partial charge in [0.25, 0.3) is 0 Å². The van der Waals surface area contributed by atoms with Crippen molar-refractivity contribution in [1.82, 2.24) is 14.8 Å². The summed E-state index contributed by atoms with van der Waals surface area (Å²) in [5.74, 6) is -0.237. The maximum absolute atomic E-state index is 14.0. The lowest BCUT2D eigenvalue weighted by atomic mass is 9.97. The molecule has 1 aliphatic heterocycles. The monoisotopic (exact) mass is 301 g/mol. The molecule has 0 amide bonds. The lowest BCUT2D eigenvalue weighted by Gasteiger charge is -2.11. The summed E-state index contributed by atoms with van der Waals surface area (Å²) < 4.78 is 21.7. The summed E-state index contributed by atoms with van der Waals surface area (Å²) >= 11 is 1.61. The van der Waals surface area contributed by atoms with Crippen LogP contribution in [0.15, 0.2) is 54.4 Å². The highest BCUT2D eigenvalue weighted by atomic mass is 32.1. The van der Waals surface area contributed by atoms with E-state index in [9.17, 15) is 4.39 Å². The number of epoxide rings is 1. The number of hydrogen-bond acceptors (Lipinski definition) is 4. The van der Waals surface area contributed by atoms with Gasteiger partial charge in [-0.1, -0.05) is 24.3 Å². The Labute approximate surface area is 124 Å². The van der Waals surface area contributed by atoms with Crippen LogP contribution in [0.5, 0.6) is 0 Å². The van der Waals surface area contributed by atoms with Gasteiger partial charge in [-0.25, -0.2) is 14.1 Å². The van der Waals surface area contributed by atoms with E-state index < -0.39 is 5.60 Å². The highest BCUT2D eigenvalue weighted by molar-refractivity contribution is 7.10. The van der Waals surface area contributed by atoms with E-state index in [1.807, 2.05) is 23.6 Å². The number of hydrogen-bond donors (Lipinski definition) is 0. The number of rotatable bonds is 4. The van der Waals surface area contributed by atoms with Gasteiger partial charge in [-0.15, -0.1) is 11.3 Å². The molecule has 1 aromatic carbocycles. The molecular formula is C15H12FN3OS. The van der Waals surface area contributed by atoms with E-state index in [0.29, 0.717) is 12.1 Å². The Morgan fingerprint density at radius 1 is 1.29 bits per heavy atom. The third-order valence-electron chi connectivity index (χ3n) is 3.68. The maximum Gasteiger partial charge on any atom is 0.153 e. The first-order valence-corrected chi connectivity index (χ1v) is 7.46. The number of nitrogens with zero attached hydrogens (tertiary/aromatic N) is 3. The molecule has 0 radical (unpaired) electrons. The van der Waals surface area contributed by atoms with Crippen LogP contribution >= 0.6 is 11.3 Å². The maximum atomic E-state index is 14.0. The normalized spacial score (nSPS) is 24.1. The molecule has 3 aromatic rings. The fraction of sp³-hybridized carbons (Fsp3) is 0.200. The van der Waals surface area contributed by atoms with Gasteiger partial charge in [-0.2, -0.15) is 5.10 Å². The van der Waals surface area contributed by atoms with Crippen LogP contribution in [0.3, 0.4) is 0 Å². The minimum absolute atomic E-state index is 0.237. The Morgan fingerprint density at radius 2 is 2.19 bits per heavy atom. The predicted octanol–water partition coefficient (Wildman–Crippen LogP) is 3.15. The smallest absolute Gasteiger partial charge is 0.153 e. The van der Waals surface area contributed by atoms with Gasteiger partial charge in [0.2, 0.25) is 0 Å². The first kappa shape index (κ1) is 12.7. The van der Waals surface area contributed by atoms with Crippen molar-refractivity contribution in [2.45, 2.75) is 18.2 Å². The Hall–Kier alpha value is -2.05. The summed E-state index contributed by atoms with van der Waals surface area (Å²) in [6.45, 7) is 0.520. The molecule has 0 saturated carbocycles. The van der Waals surface area contributed by atoms with Gasteiger partial charge in [-0.3, -0.25) is 0 Å². The van der Waals surface area contributed by atoms with Gasteiger partial charge >= 0.3 is 0 Å². The summed E-state index contributed by atoms with van der Waals surface area (Å²) in [5.41, 5.74) is 0.0374. The number of ether oxygens (including phenoxy) is 1. The lowest BCUT2D eigenvalue weighted by Crippen LogP contribution is -2.18. The van der Waals surface area contributed by atoms with Crippen molar-refractivity contribution in [1.29, 1.82) is 0 Å². The summed E-state index contributed by atoms with van der Waals surface area (Å²) in [5, 5.41) is 6.14. The van der Waals surface area contributed by atoms with Crippen molar-refractivity contribution in [3.05, 3.63) is 70.7 Å². The largest absolute Gasteiger partial charge is 0.353 e. The van der Waals surface area contributed by atoms with E-state index in [-0.39, 0.29) is 11.9 Å². The standard InChI is InChI=1S/C15H12FN3OS/c16-12-5-2-1-4-11(12)14-15(20-14,13-6-3-7-21-13)8-19-10-17-9-18-19/h1-7,9-10,14H,8H2/t14-,15-/m1/s1. The van der Waals surface area contributed by atoms with Crippen LogP contribution in [0.25, 0.3) is 0 Å². The van der Waals surface area contributed by atoms with Crippen molar-refractivity contribution >= 4 is 11.3 Å². The highest BCUT2D eigenvalue weighted by Gasteiger charge is 2.60. The van der Waals surface area contributed by atoms with Crippen molar-refractivity contribution in [3.63, 3.8) is 0 Å². The Morgan fingerprint density at radius 3 is 2.90 bits per heavy atom. The van der Waals surface area contributed by atoms with Gasteiger partial charge in [-0.05, 0) is 17.5 Å². The Bertz CT molecular complexity index is 744. The zero-order valence-electron chi connectivity index (χ0n) is 11.0. The molecule has 2 atom stereocenters. The highest BCUT2D eigenvalue weighted by Crippen LogP contribution is 2.59. The van der Waals surface area contributed by atoms with Crippen molar-refractivity contribution in [2.75, 3.05) is 0 Å². The molecule has 0 N–H and O–H groups in total. The van der Waals surface area contributed by atoms with Crippen molar-refractivity contribution in [3.8, 4) is 0 Å². The molecule has 0 bridgehead atoms. The van der Waals surface area contributed by atoms with Gasteiger partial charge in [0.05, 0.1) is 6.54 Å². The average Bonchev–Trinajstić information content (AvgIpc) is 2.93. The molecule has 4 rings (SSSR count). The first-order valence-electron chi connectivity index (χ1n) is 6.58. The fourth-order valence-corrected chi connectivity index (χ4v) is 3.52. The molecule has 21 heavy (non-hydrogen) atoms. The molecule has 6 heteroatoms. The third kappa shape index (κ3) is 2.07. The van der Waals surface area contributed by atoms with Crippen LogP contribution in [0.1, 0.15) is 16.5 Å². The number of aromatic nitrogens is 3. The molecular weight excluding hydrogens is 289 g/mol. The lowest BCUT2D eigenvalue weighted by molar-refractivity contribution is 0.265. The SMILES string of the molecule is Fc1ccccc1[C@H]1O[C@]1(Cn1cncn1)c1cccs1. The Balaban J connectivity index is 1.73. The topological polar surface area (TPSA) is 43.2 Å². The van der Waals surface area contributed by atoms with E-state index in [4.69, 9.17) is 4.74 Å². The minimum atomic E-state index is -0.552. The molecule has 0 spiro atoms. The number of halogens is 1. The summed E-state index contributed by atoms with van der Waals surface area (Å²) in [6, 6.07) is 10.7. The summed E-state index contributed by atoms with van der Waals surface area (Å²) in [4.78, 5) is 5.03. The van der Waals surface area contributed by atoms with E-state index in [1.165, 1.54) is 12.4 Å². The first-order chi connectivity index (χ1) is 10.3. The quantitative estimate of drug-likeness (QED) is 0.695. The summed E-state index contributed by atoms with van der Waals surface area (Å²) in [6.07, 6.45) is 2.85. The second-order valence-electron chi connectivity index (χ2n) is 4.98. The van der Waals surface area contributed by atoms with Crippen LogP contribution in [-0.4, -0.2) is 14.8 Å². The van der Waals surface area contributed by atoms with Gasteiger partial charge < -0.3 is 4.74 Å². The van der Waals surface area contributed by atoms with E-state index in [1.54, 1.807) is 34.5 Å². The van der Waals surface area contributed by atoms with Gasteiger partial charge in [0.15, 0.2) is 5.60 Å². The van der Waals surface area contributed by atoms with E-state index >= 15 is 0 Å². The van der Waals surface area contributed by atoms with Crippen LogP contribution in [0, 0.1) is 5.82 Å². The second-order valence-corrected chi connectivity index (χ2v) is 5.93. The van der Waals surface area contributed by atoms with Crippen molar-refractivity contribution < 1.29 is 9.13 Å². The molecule has 1 aliphatic rings. The zero-order valence-corrected chi connectivity index (χ0v) is 11.8. The van der Waals surface area contributed by atoms with Crippen molar-refractivity contribution in [2.24, 2.45) is 0 Å². The molecule has 106 valence electrons. The third-order valence-corrected chi connectivity index (χ3v) is 4.71. The average molecular weight is 301 g/mol. The minimum Gasteiger partial charge on any atom is -0.353 e. The summed E-state index contributed by atoms with van der Waals surface area (Å²) in [7, 11) is 0. The number of thiophene rings is 1. The van der Waals surface area contributed by atoms with E-state index in [0.717, 1.165) is 4.88 Å². The van der Waals surface area contributed by atoms with Gasteiger partial charge in [0, 0.05) is 10.4 Å². The van der Waals surface area contributed by atoms with Crippen LogP contribution in [-0.2, 0) is 16.9 Å². The fourth-order valence-electron chi connectivity index (χ4n) is 2.64. The molecule has 0 aliphatic carbocycles. The second kappa shape index (κ2) is 4.75. The molecule has 1 fully saturated rings.